The zero-order chi connectivity index (χ0) is 8.55. The topological polar surface area (TPSA) is 33.1 Å². The first-order valence-corrected chi connectivity index (χ1v) is 3.82. The average Bonchev–Trinajstić information content (AvgIpc) is 2.12. The standard InChI is InChI=1S/C10H9NO.Li.H/c1-7-4-5-8-3-2-6-11-9(8)10(7)12;;/h2-6,12H,1H3;;. The van der Waals surface area contributed by atoms with E-state index < -0.39 is 0 Å². The fraction of sp³-hybridized carbons (Fsp3) is 0.100. The molecule has 0 spiro atoms. The van der Waals surface area contributed by atoms with Gasteiger partial charge in [0.05, 0.1) is 0 Å². The van der Waals surface area contributed by atoms with Gasteiger partial charge >= 0.3 is 18.9 Å². The number of phenolic OH excluding ortho intramolecular Hbond substituents is 1. The Morgan fingerprint density at radius 1 is 1.23 bits per heavy atom. The summed E-state index contributed by atoms with van der Waals surface area (Å²) in [5.41, 5.74) is 1.54. The predicted molar refractivity (Wildman–Crippen MR) is 55.3 cm³/mol. The van der Waals surface area contributed by atoms with E-state index in [2.05, 4.69) is 4.98 Å². The van der Waals surface area contributed by atoms with Crippen molar-refractivity contribution in [3.05, 3.63) is 36.0 Å². The van der Waals surface area contributed by atoms with Crippen LogP contribution in [0.15, 0.2) is 30.5 Å². The number of rotatable bonds is 0. The van der Waals surface area contributed by atoms with Gasteiger partial charge in [-0.15, -0.1) is 0 Å². The summed E-state index contributed by atoms with van der Waals surface area (Å²) in [4.78, 5) is 4.09. The molecule has 0 amide bonds. The number of fused-ring (bicyclic) bond motifs is 1. The molecular formula is C10H10LiNO. The summed E-state index contributed by atoms with van der Waals surface area (Å²) in [5, 5.41) is 10.6. The van der Waals surface area contributed by atoms with Crippen molar-refractivity contribution in [1.29, 1.82) is 0 Å². The van der Waals surface area contributed by atoms with Crippen LogP contribution in [-0.2, 0) is 0 Å². The molecule has 0 aliphatic rings. The van der Waals surface area contributed by atoms with Gasteiger partial charge in [0.15, 0.2) is 0 Å². The maximum absolute atomic E-state index is 9.60. The van der Waals surface area contributed by atoms with E-state index in [9.17, 15) is 5.11 Å². The molecule has 0 atom stereocenters. The molecule has 1 heterocycles. The Bertz CT molecular complexity index is 428. The van der Waals surface area contributed by atoms with Crippen LogP contribution in [0.1, 0.15) is 5.56 Å². The summed E-state index contributed by atoms with van der Waals surface area (Å²) in [5.74, 6) is 0.285. The van der Waals surface area contributed by atoms with Crippen molar-refractivity contribution in [2.45, 2.75) is 6.92 Å². The molecule has 0 radical (unpaired) electrons. The third-order valence-electron chi connectivity index (χ3n) is 1.95. The molecule has 0 saturated carbocycles. The van der Waals surface area contributed by atoms with E-state index in [1.807, 2.05) is 31.2 Å². The molecule has 0 saturated heterocycles. The monoisotopic (exact) mass is 167 g/mol. The molecule has 62 valence electrons. The molecule has 1 N–H and O–H groups in total. The summed E-state index contributed by atoms with van der Waals surface area (Å²) in [6, 6.07) is 7.63. The molecule has 0 bridgehead atoms. The summed E-state index contributed by atoms with van der Waals surface area (Å²) in [6.45, 7) is 1.86. The Balaban J connectivity index is 0.000000845. The Morgan fingerprint density at radius 2 is 2.00 bits per heavy atom. The molecule has 0 fully saturated rings. The summed E-state index contributed by atoms with van der Waals surface area (Å²) in [6.07, 6.45) is 1.68. The second-order valence-corrected chi connectivity index (χ2v) is 2.81. The molecular weight excluding hydrogens is 157 g/mol. The minimum atomic E-state index is 0. The second kappa shape index (κ2) is 3.82. The van der Waals surface area contributed by atoms with Crippen LogP contribution in [-0.4, -0.2) is 29.0 Å². The van der Waals surface area contributed by atoms with Gasteiger partial charge in [0.2, 0.25) is 0 Å². The van der Waals surface area contributed by atoms with Crippen LogP contribution >= 0.6 is 0 Å². The SMILES string of the molecule is Cc1ccc2cccnc2c1O.[LiH]. The number of pyridine rings is 1. The Kier molecular flexibility index (Phi) is 2.97. The summed E-state index contributed by atoms with van der Waals surface area (Å²) < 4.78 is 0. The van der Waals surface area contributed by atoms with Gasteiger partial charge in [0.25, 0.3) is 0 Å². The number of nitrogens with zero attached hydrogens (tertiary/aromatic N) is 1. The van der Waals surface area contributed by atoms with Crippen molar-refractivity contribution in [1.82, 2.24) is 4.98 Å². The van der Waals surface area contributed by atoms with Crippen molar-refractivity contribution in [2.75, 3.05) is 0 Å². The summed E-state index contributed by atoms with van der Waals surface area (Å²) in [7, 11) is 0. The van der Waals surface area contributed by atoms with Crippen LogP contribution in [0.2, 0.25) is 0 Å². The van der Waals surface area contributed by atoms with Crippen LogP contribution in [0.3, 0.4) is 0 Å². The Labute approximate surface area is 88.8 Å². The normalized spacial score (nSPS) is 9.62. The molecule has 2 aromatic rings. The molecule has 0 unspecified atom stereocenters. The van der Waals surface area contributed by atoms with Crippen LogP contribution in [0.5, 0.6) is 5.75 Å². The van der Waals surface area contributed by atoms with Crippen LogP contribution in [0, 0.1) is 6.92 Å². The molecule has 13 heavy (non-hydrogen) atoms. The van der Waals surface area contributed by atoms with E-state index in [0.29, 0.717) is 5.52 Å². The predicted octanol–water partition coefficient (Wildman–Crippen LogP) is 1.60. The van der Waals surface area contributed by atoms with Gasteiger partial charge < -0.3 is 5.11 Å². The van der Waals surface area contributed by atoms with Crippen molar-refractivity contribution < 1.29 is 5.11 Å². The van der Waals surface area contributed by atoms with Gasteiger partial charge in [0.1, 0.15) is 11.3 Å². The quantitative estimate of drug-likeness (QED) is 0.604. The Morgan fingerprint density at radius 3 is 2.77 bits per heavy atom. The molecule has 0 aliphatic heterocycles. The van der Waals surface area contributed by atoms with E-state index in [-0.39, 0.29) is 24.6 Å². The summed E-state index contributed by atoms with van der Waals surface area (Å²) >= 11 is 0. The first kappa shape index (κ1) is 10.1. The van der Waals surface area contributed by atoms with E-state index >= 15 is 0 Å². The third kappa shape index (κ3) is 1.69. The number of aromatic nitrogens is 1. The van der Waals surface area contributed by atoms with Gasteiger partial charge in [-0.1, -0.05) is 18.2 Å². The number of hydrogen-bond acceptors (Lipinski definition) is 2. The molecule has 1 aromatic carbocycles. The van der Waals surface area contributed by atoms with Crippen molar-refractivity contribution >= 4 is 29.8 Å². The molecule has 1 aromatic heterocycles. The van der Waals surface area contributed by atoms with Gasteiger partial charge in [-0.05, 0) is 18.6 Å². The fourth-order valence-electron chi connectivity index (χ4n) is 1.23. The van der Waals surface area contributed by atoms with E-state index in [4.69, 9.17) is 0 Å². The van der Waals surface area contributed by atoms with Crippen molar-refractivity contribution in [2.24, 2.45) is 0 Å². The van der Waals surface area contributed by atoms with Gasteiger partial charge in [-0.2, -0.15) is 0 Å². The maximum atomic E-state index is 9.60. The van der Waals surface area contributed by atoms with Crippen LogP contribution in [0.25, 0.3) is 10.9 Å². The number of hydrogen-bond donors (Lipinski definition) is 1. The third-order valence-corrected chi connectivity index (χ3v) is 1.95. The zero-order valence-electron chi connectivity index (χ0n) is 6.78. The average molecular weight is 167 g/mol. The zero-order valence-corrected chi connectivity index (χ0v) is 6.78. The van der Waals surface area contributed by atoms with E-state index in [1.165, 1.54) is 0 Å². The number of aromatic hydroxyl groups is 1. The second-order valence-electron chi connectivity index (χ2n) is 2.81. The fourth-order valence-corrected chi connectivity index (χ4v) is 1.23. The molecule has 2 rings (SSSR count). The molecule has 3 heteroatoms. The van der Waals surface area contributed by atoms with Gasteiger partial charge in [0, 0.05) is 11.6 Å². The Hall–Kier alpha value is -0.973. The van der Waals surface area contributed by atoms with Gasteiger partial charge in [-0.25, -0.2) is 0 Å². The first-order valence-electron chi connectivity index (χ1n) is 3.82. The number of phenols is 1. The van der Waals surface area contributed by atoms with Crippen LogP contribution < -0.4 is 0 Å². The van der Waals surface area contributed by atoms with Crippen molar-refractivity contribution in [3.63, 3.8) is 0 Å². The molecule has 2 nitrogen and oxygen atoms in total. The number of aryl methyl sites for hydroxylation is 1. The van der Waals surface area contributed by atoms with E-state index in [1.54, 1.807) is 6.20 Å². The molecule has 0 aliphatic carbocycles. The first-order chi connectivity index (χ1) is 5.79. The van der Waals surface area contributed by atoms with E-state index in [0.717, 1.165) is 10.9 Å². The van der Waals surface area contributed by atoms with Crippen LogP contribution in [0.4, 0.5) is 0 Å². The minimum absolute atomic E-state index is 0. The van der Waals surface area contributed by atoms with Crippen molar-refractivity contribution in [3.8, 4) is 5.75 Å². The van der Waals surface area contributed by atoms with Gasteiger partial charge in [-0.3, -0.25) is 4.98 Å². The number of benzene rings is 1.